The highest BCUT2D eigenvalue weighted by Gasteiger charge is 2.24. The third-order valence-electron chi connectivity index (χ3n) is 4.12. The number of sulfonamides is 1. The van der Waals surface area contributed by atoms with Crippen LogP contribution in [0.3, 0.4) is 0 Å². The van der Waals surface area contributed by atoms with Gasteiger partial charge in [0.05, 0.1) is 21.8 Å². The summed E-state index contributed by atoms with van der Waals surface area (Å²) in [6.45, 7) is 4.33. The van der Waals surface area contributed by atoms with Crippen LogP contribution in [0.1, 0.15) is 34.6 Å². The van der Waals surface area contributed by atoms with E-state index in [2.05, 4.69) is 25.6 Å². The monoisotopic (exact) mass is 527 g/mol. The maximum atomic E-state index is 12.8. The summed E-state index contributed by atoms with van der Waals surface area (Å²) in [5.74, 6) is -0.778. The number of amides is 2. The van der Waals surface area contributed by atoms with Crippen LogP contribution in [0.25, 0.3) is 0 Å². The smallest absolute Gasteiger partial charge is 0.291 e. The van der Waals surface area contributed by atoms with Crippen LogP contribution in [0, 0.1) is 5.92 Å². The first-order chi connectivity index (χ1) is 15.6. The highest BCUT2D eigenvalue weighted by atomic mass is 35.5. The van der Waals surface area contributed by atoms with E-state index in [0.717, 1.165) is 0 Å². The molecular formula is C20H19Cl2N5O4S2. The van der Waals surface area contributed by atoms with E-state index in [0.29, 0.717) is 22.9 Å². The summed E-state index contributed by atoms with van der Waals surface area (Å²) < 4.78 is 27.6. The van der Waals surface area contributed by atoms with Crippen LogP contribution in [-0.2, 0) is 10.0 Å². The second-order valence-electron chi connectivity index (χ2n) is 7.21. The van der Waals surface area contributed by atoms with Gasteiger partial charge in [-0.05, 0) is 36.2 Å². The van der Waals surface area contributed by atoms with Crippen molar-refractivity contribution in [1.82, 2.24) is 15.5 Å². The number of hydrogen-bond donors (Lipinski definition) is 3. The minimum Gasteiger partial charge on any atom is -0.352 e. The van der Waals surface area contributed by atoms with Crippen molar-refractivity contribution in [2.75, 3.05) is 16.6 Å². The Morgan fingerprint density at radius 3 is 2.45 bits per heavy atom. The van der Waals surface area contributed by atoms with Crippen molar-refractivity contribution in [3.05, 3.63) is 63.6 Å². The van der Waals surface area contributed by atoms with Crippen LogP contribution in [0.5, 0.6) is 0 Å². The number of carbonyl (C=O) groups is 2. The Morgan fingerprint density at radius 2 is 1.76 bits per heavy atom. The van der Waals surface area contributed by atoms with Gasteiger partial charge in [-0.1, -0.05) is 60.5 Å². The maximum Gasteiger partial charge on any atom is 0.291 e. The third-order valence-corrected chi connectivity index (χ3v) is 7.24. The topological polar surface area (TPSA) is 130 Å². The van der Waals surface area contributed by atoms with E-state index in [-0.39, 0.29) is 32.9 Å². The van der Waals surface area contributed by atoms with E-state index < -0.39 is 26.2 Å². The largest absolute Gasteiger partial charge is 0.352 e. The molecule has 0 aliphatic heterocycles. The number of carbonyl (C=O) groups excluding carboxylic acids is 2. The molecule has 3 N–H and O–H groups in total. The molecule has 0 radical (unpaired) electrons. The molecule has 2 amide bonds. The summed E-state index contributed by atoms with van der Waals surface area (Å²) in [6.07, 6.45) is 0. The van der Waals surface area contributed by atoms with Gasteiger partial charge >= 0.3 is 0 Å². The number of benzene rings is 2. The van der Waals surface area contributed by atoms with Crippen molar-refractivity contribution in [2.45, 2.75) is 18.2 Å². The van der Waals surface area contributed by atoms with E-state index in [4.69, 9.17) is 23.2 Å². The average Bonchev–Trinajstić information content (AvgIpc) is 3.21. The summed E-state index contributed by atoms with van der Waals surface area (Å²) in [5, 5.41) is 13.0. The van der Waals surface area contributed by atoms with Gasteiger partial charge in [0.25, 0.3) is 26.2 Å². The Labute approximate surface area is 204 Å². The molecule has 13 heteroatoms. The fraction of sp³-hybridized carbons (Fsp3) is 0.200. The van der Waals surface area contributed by atoms with E-state index in [9.17, 15) is 18.0 Å². The van der Waals surface area contributed by atoms with Crippen molar-refractivity contribution in [1.29, 1.82) is 0 Å². The number of nitrogens with zero attached hydrogens (tertiary/aromatic N) is 2. The van der Waals surface area contributed by atoms with Gasteiger partial charge in [0.15, 0.2) is 0 Å². The van der Waals surface area contributed by atoms with E-state index in [1.165, 1.54) is 30.3 Å². The van der Waals surface area contributed by atoms with Gasteiger partial charge < -0.3 is 5.32 Å². The Bertz CT molecular complexity index is 1300. The summed E-state index contributed by atoms with van der Waals surface area (Å²) in [6, 6.07) is 10.5. The fourth-order valence-electron chi connectivity index (χ4n) is 2.56. The zero-order chi connectivity index (χ0) is 24.2. The maximum absolute atomic E-state index is 12.8. The SMILES string of the molecule is CC(C)CNC(=O)c1ccccc1NS(=O)(=O)c1nnc(NC(=O)c2ccc(Cl)cc2Cl)s1. The molecule has 174 valence electrons. The summed E-state index contributed by atoms with van der Waals surface area (Å²) in [5.41, 5.74) is 0.393. The van der Waals surface area contributed by atoms with Crippen LogP contribution >= 0.6 is 34.5 Å². The van der Waals surface area contributed by atoms with E-state index in [1.807, 2.05) is 13.8 Å². The highest BCUT2D eigenvalue weighted by molar-refractivity contribution is 7.94. The number of anilines is 2. The van der Waals surface area contributed by atoms with Crippen LogP contribution in [0.15, 0.2) is 46.8 Å². The van der Waals surface area contributed by atoms with Gasteiger partial charge in [0.1, 0.15) is 0 Å². The Balaban J connectivity index is 1.76. The molecule has 9 nitrogen and oxygen atoms in total. The molecule has 0 aliphatic rings. The second kappa shape index (κ2) is 10.5. The van der Waals surface area contributed by atoms with Gasteiger partial charge in [0.2, 0.25) is 5.13 Å². The number of aromatic nitrogens is 2. The highest BCUT2D eigenvalue weighted by Crippen LogP contribution is 2.26. The Morgan fingerprint density at radius 1 is 1.03 bits per heavy atom. The molecule has 1 aromatic heterocycles. The number of para-hydroxylation sites is 1. The summed E-state index contributed by atoms with van der Waals surface area (Å²) >= 11 is 12.5. The van der Waals surface area contributed by atoms with Gasteiger partial charge in [-0.3, -0.25) is 19.6 Å². The molecule has 2 aromatic carbocycles. The normalized spacial score (nSPS) is 11.3. The molecule has 0 saturated carbocycles. The van der Waals surface area contributed by atoms with Gasteiger partial charge in [-0.15, -0.1) is 10.2 Å². The van der Waals surface area contributed by atoms with Crippen molar-refractivity contribution in [2.24, 2.45) is 5.92 Å². The van der Waals surface area contributed by atoms with Crippen molar-refractivity contribution in [3.63, 3.8) is 0 Å². The molecule has 0 aliphatic carbocycles. The first-order valence-corrected chi connectivity index (χ1v) is 12.6. The zero-order valence-corrected chi connectivity index (χ0v) is 20.6. The van der Waals surface area contributed by atoms with E-state index in [1.54, 1.807) is 12.1 Å². The average molecular weight is 528 g/mol. The van der Waals surface area contributed by atoms with Crippen LogP contribution in [-0.4, -0.2) is 37.0 Å². The molecule has 3 aromatic rings. The molecule has 0 atom stereocenters. The quantitative estimate of drug-likeness (QED) is 0.374. The Kier molecular flexibility index (Phi) is 7.90. The predicted octanol–water partition coefficient (Wildman–Crippen LogP) is 4.28. The lowest BCUT2D eigenvalue weighted by Crippen LogP contribution is -2.28. The molecule has 3 rings (SSSR count). The van der Waals surface area contributed by atoms with E-state index >= 15 is 0 Å². The van der Waals surface area contributed by atoms with Gasteiger partial charge in [-0.2, -0.15) is 8.42 Å². The predicted molar refractivity (Wildman–Crippen MR) is 129 cm³/mol. The molecule has 0 spiro atoms. The lowest BCUT2D eigenvalue weighted by Gasteiger charge is -2.12. The second-order valence-corrected chi connectivity index (χ2v) is 10.9. The van der Waals surface area contributed by atoms with Gasteiger partial charge in [0, 0.05) is 11.6 Å². The summed E-state index contributed by atoms with van der Waals surface area (Å²) in [4.78, 5) is 24.9. The van der Waals surface area contributed by atoms with Crippen LogP contribution in [0.2, 0.25) is 10.0 Å². The first-order valence-electron chi connectivity index (χ1n) is 9.57. The Hall–Kier alpha value is -2.73. The van der Waals surface area contributed by atoms with Crippen LogP contribution in [0.4, 0.5) is 10.8 Å². The van der Waals surface area contributed by atoms with Crippen molar-refractivity contribution < 1.29 is 18.0 Å². The molecule has 0 unspecified atom stereocenters. The van der Waals surface area contributed by atoms with Crippen molar-refractivity contribution >= 4 is 67.2 Å². The third kappa shape index (κ3) is 6.41. The molecule has 0 saturated heterocycles. The lowest BCUT2D eigenvalue weighted by atomic mass is 10.1. The molecule has 1 heterocycles. The number of nitrogens with one attached hydrogen (secondary N) is 3. The fourth-order valence-corrected chi connectivity index (χ4v) is 5.03. The number of rotatable bonds is 8. The van der Waals surface area contributed by atoms with Crippen LogP contribution < -0.4 is 15.4 Å². The number of hydrogen-bond acceptors (Lipinski definition) is 7. The van der Waals surface area contributed by atoms with Crippen molar-refractivity contribution in [3.8, 4) is 0 Å². The molecule has 0 fully saturated rings. The van der Waals surface area contributed by atoms with Gasteiger partial charge in [-0.25, -0.2) is 0 Å². The lowest BCUT2D eigenvalue weighted by molar-refractivity contribution is 0.0949. The summed E-state index contributed by atoms with van der Waals surface area (Å²) in [7, 11) is -4.17. The first kappa shape index (κ1) is 24.9. The number of halogens is 2. The molecular weight excluding hydrogens is 509 g/mol. The minimum atomic E-state index is -4.17. The molecule has 33 heavy (non-hydrogen) atoms. The molecule has 0 bridgehead atoms. The minimum absolute atomic E-state index is 0.0469. The zero-order valence-electron chi connectivity index (χ0n) is 17.4. The standard InChI is InChI=1S/C20H19Cl2N5O4S2/c1-11(2)10-23-17(28)14-5-3-4-6-16(14)27-33(30,31)20-26-25-19(32-20)24-18(29)13-8-7-12(21)9-15(13)22/h3-9,11,27H,10H2,1-2H3,(H,23,28)(H,24,25,29).